The van der Waals surface area contributed by atoms with E-state index in [4.69, 9.17) is 0 Å². The molecular formula is C14H13BrFNS. The van der Waals surface area contributed by atoms with Crippen LogP contribution in [0.2, 0.25) is 0 Å². The molecule has 1 saturated carbocycles. The van der Waals surface area contributed by atoms with Crippen LogP contribution >= 0.6 is 27.3 Å². The summed E-state index contributed by atoms with van der Waals surface area (Å²) >= 11 is 5.19. The van der Waals surface area contributed by atoms with Crippen LogP contribution in [0.25, 0.3) is 11.1 Å². The van der Waals surface area contributed by atoms with Gasteiger partial charge in [0.15, 0.2) is 0 Å². The van der Waals surface area contributed by atoms with E-state index in [-0.39, 0.29) is 5.82 Å². The van der Waals surface area contributed by atoms with Gasteiger partial charge in [0.2, 0.25) is 0 Å². The van der Waals surface area contributed by atoms with Gasteiger partial charge in [-0.2, -0.15) is 11.3 Å². The molecule has 0 bridgehead atoms. The molecule has 1 heterocycles. The van der Waals surface area contributed by atoms with E-state index in [1.54, 1.807) is 17.4 Å². The van der Waals surface area contributed by atoms with Gasteiger partial charge < -0.3 is 5.32 Å². The Kier molecular flexibility index (Phi) is 3.50. The molecular weight excluding hydrogens is 313 g/mol. The third-order valence-electron chi connectivity index (χ3n) is 3.13. The second kappa shape index (κ2) is 5.11. The summed E-state index contributed by atoms with van der Waals surface area (Å²) in [5.41, 5.74) is 3.28. The third kappa shape index (κ3) is 2.66. The molecule has 1 N–H and O–H groups in total. The van der Waals surface area contributed by atoms with Crippen LogP contribution in [0.5, 0.6) is 0 Å². The summed E-state index contributed by atoms with van der Waals surface area (Å²) in [6, 6.07) is 5.66. The first-order chi connectivity index (χ1) is 8.74. The fraction of sp³-hybridized carbons (Fsp3) is 0.286. The molecule has 1 aromatic carbocycles. The number of thiophene rings is 1. The van der Waals surface area contributed by atoms with Crippen molar-refractivity contribution in [2.24, 2.45) is 0 Å². The largest absolute Gasteiger partial charge is 0.310 e. The lowest BCUT2D eigenvalue weighted by atomic mass is 10.0. The highest BCUT2D eigenvalue weighted by atomic mass is 79.9. The van der Waals surface area contributed by atoms with Crippen molar-refractivity contribution in [3.63, 3.8) is 0 Å². The molecule has 1 aliphatic carbocycles. The van der Waals surface area contributed by atoms with E-state index < -0.39 is 0 Å². The van der Waals surface area contributed by atoms with Crippen LogP contribution in [-0.4, -0.2) is 6.04 Å². The number of benzene rings is 1. The minimum absolute atomic E-state index is 0.169. The molecule has 0 spiro atoms. The quantitative estimate of drug-likeness (QED) is 0.868. The first kappa shape index (κ1) is 12.3. The van der Waals surface area contributed by atoms with Gasteiger partial charge in [0, 0.05) is 28.0 Å². The average molecular weight is 326 g/mol. The molecule has 3 rings (SSSR count). The van der Waals surface area contributed by atoms with Crippen molar-refractivity contribution in [2.75, 3.05) is 0 Å². The summed E-state index contributed by atoms with van der Waals surface area (Å²) < 4.78 is 14.5. The van der Waals surface area contributed by atoms with Crippen molar-refractivity contribution in [3.05, 3.63) is 44.8 Å². The van der Waals surface area contributed by atoms with E-state index in [9.17, 15) is 4.39 Å². The van der Waals surface area contributed by atoms with E-state index in [2.05, 4.69) is 32.0 Å². The minimum Gasteiger partial charge on any atom is -0.310 e. The molecule has 0 saturated heterocycles. The SMILES string of the molecule is Fc1ccc(-c2cscc2Br)c(CNC2CC2)c1. The average Bonchev–Trinajstić information content (AvgIpc) is 3.09. The number of hydrogen-bond donors (Lipinski definition) is 1. The summed E-state index contributed by atoms with van der Waals surface area (Å²) in [5, 5.41) is 7.59. The van der Waals surface area contributed by atoms with Crippen LogP contribution < -0.4 is 5.32 Å². The van der Waals surface area contributed by atoms with E-state index >= 15 is 0 Å². The normalized spacial score (nSPS) is 15.0. The van der Waals surface area contributed by atoms with Gasteiger partial charge in [-0.3, -0.25) is 0 Å². The molecule has 4 heteroatoms. The number of rotatable bonds is 4. The predicted molar refractivity (Wildman–Crippen MR) is 77.3 cm³/mol. The monoisotopic (exact) mass is 325 g/mol. The standard InChI is InChI=1S/C14H13BrFNS/c15-14-8-18-7-13(14)12-4-1-10(16)5-9(12)6-17-11-2-3-11/h1,4-5,7-8,11,17H,2-3,6H2. The van der Waals surface area contributed by atoms with Gasteiger partial charge in [-0.05, 0) is 57.4 Å². The first-order valence-corrected chi connectivity index (χ1v) is 7.71. The van der Waals surface area contributed by atoms with Crippen LogP contribution in [-0.2, 0) is 6.54 Å². The smallest absolute Gasteiger partial charge is 0.123 e. The maximum absolute atomic E-state index is 13.4. The summed E-state index contributed by atoms with van der Waals surface area (Å²) in [5.74, 6) is -0.169. The Hall–Kier alpha value is -0.710. The lowest BCUT2D eigenvalue weighted by Gasteiger charge is -2.10. The van der Waals surface area contributed by atoms with Crippen molar-refractivity contribution < 1.29 is 4.39 Å². The summed E-state index contributed by atoms with van der Waals surface area (Å²) in [7, 11) is 0. The zero-order valence-corrected chi connectivity index (χ0v) is 12.2. The van der Waals surface area contributed by atoms with E-state index in [1.807, 2.05) is 6.07 Å². The molecule has 94 valence electrons. The van der Waals surface area contributed by atoms with Gasteiger partial charge in [0.05, 0.1) is 0 Å². The Morgan fingerprint density at radius 2 is 2.11 bits per heavy atom. The van der Waals surface area contributed by atoms with Crippen molar-refractivity contribution in [1.82, 2.24) is 5.32 Å². The lowest BCUT2D eigenvalue weighted by Crippen LogP contribution is -2.16. The molecule has 1 nitrogen and oxygen atoms in total. The Labute approximate surface area is 118 Å². The summed E-state index contributed by atoms with van der Waals surface area (Å²) in [6.45, 7) is 0.736. The van der Waals surface area contributed by atoms with Gasteiger partial charge in [0.1, 0.15) is 5.82 Å². The van der Waals surface area contributed by atoms with Crippen molar-refractivity contribution in [3.8, 4) is 11.1 Å². The topological polar surface area (TPSA) is 12.0 Å². The Morgan fingerprint density at radius 3 is 2.78 bits per heavy atom. The van der Waals surface area contributed by atoms with Crippen LogP contribution in [0.4, 0.5) is 4.39 Å². The zero-order chi connectivity index (χ0) is 12.5. The highest BCUT2D eigenvalue weighted by Crippen LogP contribution is 2.34. The highest BCUT2D eigenvalue weighted by molar-refractivity contribution is 9.10. The van der Waals surface area contributed by atoms with Crippen LogP contribution in [0.3, 0.4) is 0 Å². The van der Waals surface area contributed by atoms with E-state index in [0.717, 1.165) is 27.7 Å². The third-order valence-corrected chi connectivity index (χ3v) is 4.83. The van der Waals surface area contributed by atoms with Crippen LogP contribution in [0.1, 0.15) is 18.4 Å². The highest BCUT2D eigenvalue weighted by Gasteiger charge is 2.21. The van der Waals surface area contributed by atoms with Gasteiger partial charge in [-0.25, -0.2) is 4.39 Å². The molecule has 2 aromatic rings. The Morgan fingerprint density at radius 1 is 1.28 bits per heavy atom. The lowest BCUT2D eigenvalue weighted by molar-refractivity contribution is 0.620. The molecule has 0 radical (unpaired) electrons. The first-order valence-electron chi connectivity index (χ1n) is 5.98. The van der Waals surface area contributed by atoms with E-state index in [1.165, 1.54) is 18.9 Å². The molecule has 1 fully saturated rings. The fourth-order valence-corrected chi connectivity index (χ4v) is 3.49. The van der Waals surface area contributed by atoms with Crippen molar-refractivity contribution in [1.29, 1.82) is 0 Å². The molecule has 18 heavy (non-hydrogen) atoms. The molecule has 0 amide bonds. The molecule has 1 aliphatic rings. The summed E-state index contributed by atoms with van der Waals surface area (Å²) in [6.07, 6.45) is 2.49. The molecule has 0 atom stereocenters. The van der Waals surface area contributed by atoms with Crippen LogP contribution in [0.15, 0.2) is 33.4 Å². The van der Waals surface area contributed by atoms with Gasteiger partial charge >= 0.3 is 0 Å². The minimum atomic E-state index is -0.169. The Balaban J connectivity index is 1.94. The molecule has 1 aromatic heterocycles. The van der Waals surface area contributed by atoms with E-state index in [0.29, 0.717) is 6.04 Å². The number of halogens is 2. The molecule has 0 aliphatic heterocycles. The predicted octanol–water partition coefficient (Wildman–Crippen LogP) is 4.57. The maximum atomic E-state index is 13.4. The summed E-state index contributed by atoms with van der Waals surface area (Å²) in [4.78, 5) is 0. The molecule has 0 unspecified atom stereocenters. The Bertz CT molecular complexity index is 563. The van der Waals surface area contributed by atoms with Crippen molar-refractivity contribution >= 4 is 27.3 Å². The van der Waals surface area contributed by atoms with Gasteiger partial charge in [0.25, 0.3) is 0 Å². The fourth-order valence-electron chi connectivity index (χ4n) is 1.99. The van der Waals surface area contributed by atoms with Crippen molar-refractivity contribution in [2.45, 2.75) is 25.4 Å². The van der Waals surface area contributed by atoms with Crippen LogP contribution in [0, 0.1) is 5.82 Å². The second-order valence-electron chi connectivity index (χ2n) is 4.59. The number of hydrogen-bond acceptors (Lipinski definition) is 2. The van der Waals surface area contributed by atoms with Gasteiger partial charge in [-0.15, -0.1) is 0 Å². The number of nitrogens with one attached hydrogen (secondary N) is 1. The zero-order valence-electron chi connectivity index (χ0n) is 9.75. The van der Waals surface area contributed by atoms with Gasteiger partial charge in [-0.1, -0.05) is 6.07 Å². The maximum Gasteiger partial charge on any atom is 0.123 e. The second-order valence-corrected chi connectivity index (χ2v) is 6.19.